The Morgan fingerprint density at radius 3 is 2.44 bits per heavy atom. The molecule has 1 aliphatic heterocycles. The highest BCUT2D eigenvalue weighted by molar-refractivity contribution is 6.22. The van der Waals surface area contributed by atoms with Gasteiger partial charge in [0.15, 0.2) is 0 Å². The molecule has 6 heteroatoms. The summed E-state index contributed by atoms with van der Waals surface area (Å²) in [6.07, 6.45) is 2.51. The van der Waals surface area contributed by atoms with Gasteiger partial charge in [0, 0.05) is 10.9 Å². The summed E-state index contributed by atoms with van der Waals surface area (Å²) in [6.45, 7) is 4.05. The van der Waals surface area contributed by atoms with E-state index < -0.39 is 5.97 Å². The largest absolute Gasteiger partial charge is 0.478 e. The highest BCUT2D eigenvalue weighted by Gasteiger charge is 2.49. The SMILES string of the molecule is Cc1ccc2nc(-c3ccc(N4C(=O)[C@H]5CC[C@@H](C)C[C@@H]5C4=O)cc3)cc(C(=O)O)c2c1. The minimum Gasteiger partial charge on any atom is -0.478 e. The maximum atomic E-state index is 13.0. The van der Waals surface area contributed by atoms with Gasteiger partial charge in [0.05, 0.1) is 34.3 Å². The fourth-order valence-electron chi connectivity index (χ4n) is 5.09. The lowest BCUT2D eigenvalue weighted by Crippen LogP contribution is -2.30. The maximum absolute atomic E-state index is 13.0. The number of anilines is 1. The summed E-state index contributed by atoms with van der Waals surface area (Å²) < 4.78 is 0. The zero-order valence-electron chi connectivity index (χ0n) is 18.0. The van der Waals surface area contributed by atoms with E-state index in [1.165, 1.54) is 4.90 Å². The minimum atomic E-state index is -1.01. The molecule has 0 radical (unpaired) electrons. The summed E-state index contributed by atoms with van der Waals surface area (Å²) in [4.78, 5) is 43.7. The number of aromatic carboxylic acids is 1. The van der Waals surface area contributed by atoms with Gasteiger partial charge >= 0.3 is 5.97 Å². The van der Waals surface area contributed by atoms with Gasteiger partial charge in [0.25, 0.3) is 0 Å². The van der Waals surface area contributed by atoms with E-state index in [1.807, 2.05) is 25.1 Å². The maximum Gasteiger partial charge on any atom is 0.336 e. The molecule has 1 N–H and O–H groups in total. The number of amides is 2. The molecule has 3 atom stereocenters. The molecule has 5 rings (SSSR count). The molecular formula is C26H24N2O4. The van der Waals surface area contributed by atoms with Gasteiger partial charge in [-0.3, -0.25) is 14.5 Å². The Kier molecular flexibility index (Phi) is 4.81. The second-order valence-electron chi connectivity index (χ2n) is 9.07. The minimum absolute atomic E-state index is 0.105. The molecule has 1 saturated heterocycles. The van der Waals surface area contributed by atoms with Crippen LogP contribution < -0.4 is 4.90 Å². The summed E-state index contributed by atoms with van der Waals surface area (Å²) in [5.41, 5.74) is 3.59. The predicted molar refractivity (Wildman–Crippen MR) is 121 cm³/mol. The smallest absolute Gasteiger partial charge is 0.336 e. The van der Waals surface area contributed by atoms with Crippen LogP contribution in [0.4, 0.5) is 5.69 Å². The quantitative estimate of drug-likeness (QED) is 0.604. The van der Waals surface area contributed by atoms with Gasteiger partial charge in [-0.15, -0.1) is 0 Å². The zero-order chi connectivity index (χ0) is 22.6. The molecule has 2 heterocycles. The van der Waals surface area contributed by atoms with Crippen molar-refractivity contribution in [3.05, 3.63) is 59.7 Å². The summed E-state index contributed by atoms with van der Waals surface area (Å²) >= 11 is 0. The van der Waals surface area contributed by atoms with Gasteiger partial charge in [-0.2, -0.15) is 0 Å². The van der Waals surface area contributed by atoms with Crippen LogP contribution >= 0.6 is 0 Å². The van der Waals surface area contributed by atoms with E-state index in [1.54, 1.807) is 30.3 Å². The molecule has 3 aromatic rings. The fraction of sp³-hybridized carbons (Fsp3) is 0.308. The normalized spacial score (nSPS) is 22.9. The van der Waals surface area contributed by atoms with Crippen LogP contribution in [0.15, 0.2) is 48.5 Å². The molecule has 162 valence electrons. The van der Waals surface area contributed by atoms with Crippen LogP contribution in [0, 0.1) is 24.7 Å². The number of aryl methyl sites for hydroxylation is 1. The number of fused-ring (bicyclic) bond motifs is 2. The van der Waals surface area contributed by atoms with E-state index in [9.17, 15) is 19.5 Å². The summed E-state index contributed by atoms with van der Waals surface area (Å²) in [7, 11) is 0. The molecule has 2 fully saturated rings. The Morgan fingerprint density at radius 2 is 1.72 bits per heavy atom. The molecule has 1 saturated carbocycles. The van der Waals surface area contributed by atoms with Crippen LogP contribution in [0.2, 0.25) is 0 Å². The van der Waals surface area contributed by atoms with E-state index in [4.69, 9.17) is 0 Å². The molecule has 32 heavy (non-hydrogen) atoms. The highest BCUT2D eigenvalue weighted by atomic mass is 16.4. The highest BCUT2D eigenvalue weighted by Crippen LogP contribution is 2.42. The Hall–Kier alpha value is -3.54. The zero-order valence-corrected chi connectivity index (χ0v) is 18.0. The predicted octanol–water partition coefficient (Wildman–Crippen LogP) is 4.83. The van der Waals surface area contributed by atoms with Gasteiger partial charge in [-0.25, -0.2) is 9.78 Å². The number of carbonyl (C=O) groups excluding carboxylic acids is 2. The average molecular weight is 428 g/mol. The molecule has 0 bridgehead atoms. The lowest BCUT2D eigenvalue weighted by atomic mass is 9.76. The van der Waals surface area contributed by atoms with Crippen molar-refractivity contribution in [2.75, 3.05) is 4.90 Å². The first-order valence-corrected chi connectivity index (χ1v) is 11.0. The topological polar surface area (TPSA) is 87.6 Å². The van der Waals surface area contributed by atoms with Crippen molar-refractivity contribution >= 4 is 34.4 Å². The van der Waals surface area contributed by atoms with Gasteiger partial charge in [0.1, 0.15) is 0 Å². The van der Waals surface area contributed by atoms with E-state index in [-0.39, 0.29) is 29.2 Å². The van der Waals surface area contributed by atoms with Crippen molar-refractivity contribution < 1.29 is 19.5 Å². The van der Waals surface area contributed by atoms with Crippen molar-refractivity contribution in [1.29, 1.82) is 0 Å². The van der Waals surface area contributed by atoms with Crippen LogP contribution in [0.25, 0.3) is 22.2 Å². The second-order valence-corrected chi connectivity index (χ2v) is 9.07. The van der Waals surface area contributed by atoms with E-state index in [2.05, 4.69) is 11.9 Å². The van der Waals surface area contributed by atoms with Crippen molar-refractivity contribution in [3.63, 3.8) is 0 Å². The van der Waals surface area contributed by atoms with Crippen LogP contribution in [0.3, 0.4) is 0 Å². The molecule has 0 spiro atoms. The number of aromatic nitrogens is 1. The first-order chi connectivity index (χ1) is 15.3. The first kappa shape index (κ1) is 20.4. The Bertz CT molecular complexity index is 1260. The number of carboxylic acid groups (broad SMARTS) is 1. The molecule has 1 aliphatic carbocycles. The third kappa shape index (κ3) is 3.27. The Labute approximate surface area is 185 Å². The van der Waals surface area contributed by atoms with Gasteiger partial charge in [-0.05, 0) is 62.4 Å². The monoisotopic (exact) mass is 428 g/mol. The number of hydrogen-bond acceptors (Lipinski definition) is 4. The number of pyridine rings is 1. The average Bonchev–Trinajstić information content (AvgIpc) is 3.02. The van der Waals surface area contributed by atoms with E-state index in [0.717, 1.165) is 30.4 Å². The first-order valence-electron chi connectivity index (χ1n) is 11.0. The number of carbonyl (C=O) groups is 3. The number of imide groups is 1. The van der Waals surface area contributed by atoms with E-state index >= 15 is 0 Å². The summed E-state index contributed by atoms with van der Waals surface area (Å²) in [5.74, 6) is -1.18. The Balaban J connectivity index is 1.50. The third-order valence-corrected chi connectivity index (χ3v) is 6.80. The van der Waals surface area contributed by atoms with Gasteiger partial charge in [0.2, 0.25) is 11.8 Å². The number of carboxylic acids is 1. The van der Waals surface area contributed by atoms with Gasteiger partial charge in [-0.1, -0.05) is 30.7 Å². The Morgan fingerprint density at radius 1 is 1.00 bits per heavy atom. The number of rotatable bonds is 3. The van der Waals surface area contributed by atoms with Crippen molar-refractivity contribution in [3.8, 4) is 11.3 Å². The van der Waals surface area contributed by atoms with Crippen LogP contribution in [0.1, 0.15) is 42.1 Å². The summed E-state index contributed by atoms with van der Waals surface area (Å²) in [6, 6.07) is 14.2. The lowest BCUT2D eigenvalue weighted by Gasteiger charge is -2.25. The number of hydrogen-bond donors (Lipinski definition) is 1. The van der Waals surface area contributed by atoms with Crippen molar-refractivity contribution in [2.24, 2.45) is 17.8 Å². The second kappa shape index (κ2) is 7.55. The lowest BCUT2D eigenvalue weighted by molar-refractivity contribution is -0.122. The van der Waals surface area contributed by atoms with Crippen molar-refractivity contribution in [2.45, 2.75) is 33.1 Å². The number of benzene rings is 2. The molecule has 1 aromatic heterocycles. The molecule has 2 aromatic carbocycles. The molecule has 2 aliphatic rings. The molecule has 6 nitrogen and oxygen atoms in total. The molecule has 0 unspecified atom stereocenters. The standard InChI is InChI=1S/C26H24N2O4/c1-14-3-9-18-20(12-14)25(30)28(24(18)29)17-7-5-16(6-8-17)23-13-21(26(31)32)19-11-15(2)4-10-22(19)27-23/h4-8,10-11,13-14,18,20H,3,9,12H2,1-2H3,(H,31,32)/t14-,18+,20+/m1/s1. The van der Waals surface area contributed by atoms with Gasteiger partial charge < -0.3 is 5.11 Å². The van der Waals surface area contributed by atoms with Crippen LogP contribution in [-0.2, 0) is 9.59 Å². The van der Waals surface area contributed by atoms with Crippen molar-refractivity contribution in [1.82, 2.24) is 4.98 Å². The van der Waals surface area contributed by atoms with Crippen LogP contribution in [-0.4, -0.2) is 27.9 Å². The van der Waals surface area contributed by atoms with E-state index in [0.29, 0.717) is 28.2 Å². The third-order valence-electron chi connectivity index (χ3n) is 6.80. The van der Waals surface area contributed by atoms with Crippen LogP contribution in [0.5, 0.6) is 0 Å². The number of nitrogens with zero attached hydrogens (tertiary/aromatic N) is 2. The fourth-order valence-corrected chi connectivity index (χ4v) is 5.09. The molecule has 2 amide bonds. The summed E-state index contributed by atoms with van der Waals surface area (Å²) in [5, 5.41) is 10.3. The molecular weight excluding hydrogens is 404 g/mol.